The molecule has 3 atom stereocenters. The van der Waals surface area contributed by atoms with Crippen molar-refractivity contribution in [2.45, 2.75) is 64.6 Å². The molecule has 5 heteroatoms. The summed E-state index contributed by atoms with van der Waals surface area (Å²) in [5.74, 6) is -0.211. The average molecular weight is 345 g/mol. The number of aryl methyl sites for hydroxylation is 1. The van der Waals surface area contributed by atoms with Crippen molar-refractivity contribution in [3.63, 3.8) is 0 Å². The Hall–Kier alpha value is -1.88. The molecule has 2 amide bonds. The number of amides is 2. The molecule has 1 saturated heterocycles. The Balaban J connectivity index is 2.00. The van der Waals surface area contributed by atoms with Crippen LogP contribution in [-0.2, 0) is 16.0 Å². The second-order valence-corrected chi connectivity index (χ2v) is 7.37. The lowest BCUT2D eigenvalue weighted by molar-refractivity contribution is -0.138. The fraction of sp³-hybridized carbons (Fsp3) is 0.600. The lowest BCUT2D eigenvalue weighted by atomic mass is 10.00. The van der Waals surface area contributed by atoms with E-state index in [1.54, 1.807) is 6.92 Å². The maximum atomic E-state index is 13.0. The van der Waals surface area contributed by atoms with Gasteiger partial charge in [0.25, 0.3) is 0 Å². The molecule has 0 spiro atoms. The van der Waals surface area contributed by atoms with Gasteiger partial charge in [0.2, 0.25) is 11.8 Å². The third-order valence-electron chi connectivity index (χ3n) is 4.91. The number of carbonyl (C=O) groups is 2. The van der Waals surface area contributed by atoms with E-state index in [1.807, 2.05) is 36.9 Å². The van der Waals surface area contributed by atoms with E-state index in [0.29, 0.717) is 0 Å². The van der Waals surface area contributed by atoms with Gasteiger partial charge in [0.1, 0.15) is 6.04 Å². The number of likely N-dealkylation sites (tertiary alicyclic amines) is 1. The van der Waals surface area contributed by atoms with E-state index < -0.39 is 12.1 Å². The van der Waals surface area contributed by atoms with E-state index in [1.165, 1.54) is 5.56 Å². The van der Waals surface area contributed by atoms with Crippen LogP contribution in [0.25, 0.3) is 0 Å². The summed E-state index contributed by atoms with van der Waals surface area (Å²) < 4.78 is 0. The summed E-state index contributed by atoms with van der Waals surface area (Å²) >= 11 is 0. The van der Waals surface area contributed by atoms with Crippen molar-refractivity contribution in [1.29, 1.82) is 0 Å². The van der Waals surface area contributed by atoms with Crippen molar-refractivity contribution in [2.24, 2.45) is 11.7 Å². The Kier molecular flexibility index (Phi) is 7.00. The normalized spacial score (nSPS) is 19.7. The van der Waals surface area contributed by atoms with Gasteiger partial charge in [0.05, 0.1) is 6.04 Å². The monoisotopic (exact) mass is 345 g/mol. The van der Waals surface area contributed by atoms with Crippen LogP contribution in [0, 0.1) is 5.92 Å². The van der Waals surface area contributed by atoms with E-state index in [0.717, 1.165) is 32.2 Å². The minimum absolute atomic E-state index is 0.0274. The highest BCUT2D eigenvalue weighted by atomic mass is 16.2. The molecular formula is C20H31N3O2. The van der Waals surface area contributed by atoms with E-state index in [2.05, 4.69) is 17.4 Å². The molecule has 1 aromatic rings. The van der Waals surface area contributed by atoms with Gasteiger partial charge in [0, 0.05) is 12.6 Å². The molecule has 0 aromatic heterocycles. The van der Waals surface area contributed by atoms with Crippen LogP contribution in [0.2, 0.25) is 0 Å². The zero-order valence-corrected chi connectivity index (χ0v) is 15.6. The Morgan fingerprint density at radius 2 is 1.92 bits per heavy atom. The largest absolute Gasteiger partial charge is 0.343 e. The predicted octanol–water partition coefficient (Wildman–Crippen LogP) is 2.10. The predicted molar refractivity (Wildman–Crippen MR) is 99.9 cm³/mol. The zero-order chi connectivity index (χ0) is 18.4. The number of nitrogens with zero attached hydrogens (tertiary/aromatic N) is 1. The first-order chi connectivity index (χ1) is 11.9. The maximum absolute atomic E-state index is 13.0. The third-order valence-corrected chi connectivity index (χ3v) is 4.91. The van der Waals surface area contributed by atoms with Gasteiger partial charge >= 0.3 is 0 Å². The molecule has 1 aliphatic heterocycles. The van der Waals surface area contributed by atoms with Crippen LogP contribution < -0.4 is 11.1 Å². The molecule has 0 bridgehead atoms. The van der Waals surface area contributed by atoms with E-state index in [-0.39, 0.29) is 23.8 Å². The Morgan fingerprint density at radius 1 is 1.24 bits per heavy atom. The molecule has 1 heterocycles. The lowest BCUT2D eigenvalue weighted by Crippen LogP contribution is -2.55. The number of hydrogen-bond acceptors (Lipinski definition) is 3. The number of carbonyl (C=O) groups excluding carboxylic acids is 2. The first-order valence-corrected chi connectivity index (χ1v) is 9.30. The Bertz CT molecular complexity index is 572. The van der Waals surface area contributed by atoms with Crippen LogP contribution in [0.4, 0.5) is 0 Å². The highest BCUT2D eigenvalue weighted by molar-refractivity contribution is 5.90. The van der Waals surface area contributed by atoms with Crippen LogP contribution in [0.15, 0.2) is 30.3 Å². The number of hydrogen-bond donors (Lipinski definition) is 2. The molecule has 2 rings (SSSR count). The van der Waals surface area contributed by atoms with Gasteiger partial charge in [-0.15, -0.1) is 0 Å². The molecule has 1 aromatic carbocycles. The number of nitrogens with two attached hydrogens (primary N) is 1. The molecule has 0 unspecified atom stereocenters. The summed E-state index contributed by atoms with van der Waals surface area (Å²) in [6, 6.07) is 9.50. The number of rotatable bonds is 7. The van der Waals surface area contributed by atoms with Gasteiger partial charge in [-0.1, -0.05) is 44.2 Å². The number of nitrogens with one attached hydrogen (secondary N) is 1. The van der Waals surface area contributed by atoms with Crippen LogP contribution in [0.3, 0.4) is 0 Å². The molecule has 5 nitrogen and oxygen atoms in total. The second-order valence-electron chi connectivity index (χ2n) is 7.37. The SMILES string of the molecule is CC(C)[C@H](NC(=O)[C@H](C)N)C(=O)N1CCC[C@H]1CCc1ccccc1. The van der Waals surface area contributed by atoms with Gasteiger partial charge in [-0.25, -0.2) is 0 Å². The topological polar surface area (TPSA) is 75.4 Å². The van der Waals surface area contributed by atoms with E-state index in [4.69, 9.17) is 5.73 Å². The second kappa shape index (κ2) is 8.99. The molecule has 25 heavy (non-hydrogen) atoms. The van der Waals surface area contributed by atoms with Gasteiger partial charge in [-0.2, -0.15) is 0 Å². The molecule has 0 aliphatic carbocycles. The number of benzene rings is 1. The van der Waals surface area contributed by atoms with Crippen LogP contribution in [-0.4, -0.2) is 41.4 Å². The fourth-order valence-corrected chi connectivity index (χ4v) is 3.38. The Morgan fingerprint density at radius 3 is 2.52 bits per heavy atom. The highest BCUT2D eigenvalue weighted by Gasteiger charge is 2.35. The van der Waals surface area contributed by atoms with Crippen molar-refractivity contribution in [1.82, 2.24) is 10.2 Å². The van der Waals surface area contributed by atoms with Crippen LogP contribution in [0.5, 0.6) is 0 Å². The molecule has 3 N–H and O–H groups in total. The molecule has 1 fully saturated rings. The van der Waals surface area contributed by atoms with Gasteiger partial charge in [-0.05, 0) is 44.1 Å². The van der Waals surface area contributed by atoms with Crippen molar-refractivity contribution in [3.8, 4) is 0 Å². The van der Waals surface area contributed by atoms with Crippen molar-refractivity contribution < 1.29 is 9.59 Å². The summed E-state index contributed by atoms with van der Waals surface area (Å²) in [7, 11) is 0. The van der Waals surface area contributed by atoms with E-state index >= 15 is 0 Å². The average Bonchev–Trinajstić information content (AvgIpc) is 3.06. The minimum Gasteiger partial charge on any atom is -0.343 e. The third kappa shape index (κ3) is 5.30. The van der Waals surface area contributed by atoms with Crippen molar-refractivity contribution in [2.75, 3.05) is 6.54 Å². The summed E-state index contributed by atoms with van der Waals surface area (Å²) in [4.78, 5) is 27.0. The summed E-state index contributed by atoms with van der Waals surface area (Å²) in [5.41, 5.74) is 6.94. The summed E-state index contributed by atoms with van der Waals surface area (Å²) in [6.45, 7) is 6.32. The Labute approximate surface area is 151 Å². The first kappa shape index (κ1) is 19.4. The summed E-state index contributed by atoms with van der Waals surface area (Å²) in [5, 5.41) is 2.83. The molecule has 0 saturated carbocycles. The van der Waals surface area contributed by atoms with Crippen molar-refractivity contribution in [3.05, 3.63) is 35.9 Å². The van der Waals surface area contributed by atoms with Crippen LogP contribution >= 0.6 is 0 Å². The molecule has 0 radical (unpaired) electrons. The molecule has 138 valence electrons. The van der Waals surface area contributed by atoms with Gasteiger partial charge < -0.3 is 16.0 Å². The van der Waals surface area contributed by atoms with Gasteiger partial charge in [0.15, 0.2) is 0 Å². The molecule has 1 aliphatic rings. The molecular weight excluding hydrogens is 314 g/mol. The highest BCUT2D eigenvalue weighted by Crippen LogP contribution is 2.24. The minimum atomic E-state index is -0.610. The lowest BCUT2D eigenvalue weighted by Gasteiger charge is -2.31. The smallest absolute Gasteiger partial charge is 0.245 e. The quantitative estimate of drug-likeness (QED) is 0.795. The maximum Gasteiger partial charge on any atom is 0.245 e. The zero-order valence-electron chi connectivity index (χ0n) is 15.6. The summed E-state index contributed by atoms with van der Waals surface area (Å²) in [6.07, 6.45) is 3.98. The fourth-order valence-electron chi connectivity index (χ4n) is 3.38. The van der Waals surface area contributed by atoms with E-state index in [9.17, 15) is 9.59 Å². The van der Waals surface area contributed by atoms with Crippen LogP contribution in [0.1, 0.15) is 45.6 Å². The van der Waals surface area contributed by atoms with Crippen molar-refractivity contribution >= 4 is 11.8 Å². The standard InChI is InChI=1S/C20H31N3O2/c1-14(2)18(22-19(24)15(3)21)20(25)23-13-7-10-17(23)12-11-16-8-5-4-6-9-16/h4-6,8-9,14-15,17-18H,7,10-13,21H2,1-3H3,(H,22,24)/t15-,17-,18-/m0/s1. The first-order valence-electron chi connectivity index (χ1n) is 9.30. The van der Waals surface area contributed by atoms with Gasteiger partial charge in [-0.3, -0.25) is 9.59 Å².